The first-order valence-corrected chi connectivity index (χ1v) is 6.54. The van der Waals surface area contributed by atoms with Crippen LogP contribution in [0, 0.1) is 0 Å². The third-order valence-corrected chi connectivity index (χ3v) is 6.47. The van der Waals surface area contributed by atoms with Crippen molar-refractivity contribution in [3.05, 3.63) is 11.6 Å². The standard InChI is InChI=1S/C7H11NO3S.Al.2H/c1-3-5-6(4-2)12(10,11)8-7(5)9;;;/h3,6H,4H2,1-2H3,(H,8,9);;;/q;+1;;/p-1/b5-3+;;;. The minimum absolute atomic E-state index is 0.236. The lowest BCUT2D eigenvalue weighted by molar-refractivity contribution is -0.119. The van der Waals surface area contributed by atoms with Gasteiger partial charge in [-0.2, -0.15) is 0 Å². The zero-order valence-corrected chi connectivity index (χ0v) is 10.8. The highest BCUT2D eigenvalue weighted by Crippen LogP contribution is 2.28. The van der Waals surface area contributed by atoms with E-state index in [9.17, 15) is 13.2 Å². The van der Waals surface area contributed by atoms with Crippen molar-refractivity contribution in [1.82, 2.24) is 3.29 Å². The van der Waals surface area contributed by atoms with Gasteiger partial charge in [0.15, 0.2) is 0 Å². The molecule has 0 saturated carbocycles. The minimum Gasteiger partial charge on any atom is -0.340 e. The summed E-state index contributed by atoms with van der Waals surface area (Å²) < 4.78 is 24.2. The van der Waals surface area contributed by atoms with Crippen LogP contribution in [-0.4, -0.2) is 39.4 Å². The minimum atomic E-state index is -3.35. The second kappa shape index (κ2) is 3.45. The molecule has 1 aliphatic rings. The lowest BCUT2D eigenvalue weighted by atomic mass is 10.1. The summed E-state index contributed by atoms with van der Waals surface area (Å²) in [5.74, 6) is -0.332. The van der Waals surface area contributed by atoms with Gasteiger partial charge in [-0.3, -0.25) is 4.79 Å². The van der Waals surface area contributed by atoms with Crippen LogP contribution in [0.4, 0.5) is 0 Å². The number of sulfonamides is 1. The number of nitrogens with zero attached hydrogens (tertiary/aromatic N) is 1. The van der Waals surface area contributed by atoms with Crippen LogP contribution in [0.1, 0.15) is 20.3 Å². The highest BCUT2D eigenvalue weighted by Gasteiger charge is 2.43. The molecule has 6 heteroatoms. The van der Waals surface area contributed by atoms with Crippen molar-refractivity contribution < 1.29 is 13.2 Å². The topological polar surface area (TPSA) is 54.5 Å². The Morgan fingerprint density at radius 2 is 2.15 bits per heavy atom. The summed E-state index contributed by atoms with van der Waals surface area (Å²) in [6, 6.07) is 0. The molecule has 1 fully saturated rings. The second-order valence-corrected chi connectivity index (χ2v) is 6.65. The molecular weight excluding hydrogens is 205 g/mol. The van der Waals surface area contributed by atoms with E-state index < -0.39 is 15.3 Å². The molecule has 1 aliphatic heterocycles. The molecule has 0 aliphatic carbocycles. The summed E-state index contributed by atoms with van der Waals surface area (Å²) in [5, 5.41) is -0.609. The number of carbonyl (C=O) groups excluding carboxylic acids is 1. The van der Waals surface area contributed by atoms with Crippen molar-refractivity contribution in [2.24, 2.45) is 0 Å². The predicted octanol–water partition coefficient (Wildman–Crippen LogP) is -0.569. The van der Waals surface area contributed by atoms with Gasteiger partial charge in [-0.25, -0.2) is 8.42 Å². The smallest absolute Gasteiger partial charge is 0.340 e. The Balaban J connectivity index is 3.29. The summed E-state index contributed by atoms with van der Waals surface area (Å²) in [5.41, 5.74) is 0.428. The Labute approximate surface area is 86.3 Å². The number of hydrogen-bond donors (Lipinski definition) is 0. The van der Waals surface area contributed by atoms with Gasteiger partial charge in [-0.15, -0.1) is 0 Å². The third-order valence-electron chi connectivity index (χ3n) is 2.30. The van der Waals surface area contributed by atoms with E-state index in [-0.39, 0.29) is 22.4 Å². The van der Waals surface area contributed by atoms with Gasteiger partial charge in [0.1, 0.15) is 5.25 Å². The van der Waals surface area contributed by atoms with Crippen LogP contribution < -0.4 is 0 Å². The number of carbonyl (C=O) groups is 1. The van der Waals surface area contributed by atoms with Crippen LogP contribution in [0.3, 0.4) is 0 Å². The Bertz CT molecular complexity index is 360. The van der Waals surface area contributed by atoms with Crippen LogP contribution in [0.25, 0.3) is 0 Å². The van der Waals surface area contributed by atoms with E-state index in [1.165, 1.54) is 0 Å². The van der Waals surface area contributed by atoms with Gasteiger partial charge in [-0.1, -0.05) is 13.0 Å². The van der Waals surface area contributed by atoms with Crippen LogP contribution in [0.15, 0.2) is 11.6 Å². The lowest BCUT2D eigenvalue weighted by Gasteiger charge is -2.10. The Morgan fingerprint density at radius 3 is 2.46 bits per heavy atom. The molecule has 13 heavy (non-hydrogen) atoms. The van der Waals surface area contributed by atoms with E-state index >= 15 is 0 Å². The van der Waals surface area contributed by atoms with Crippen LogP contribution in [0.2, 0.25) is 0 Å². The fourth-order valence-electron chi connectivity index (χ4n) is 1.53. The van der Waals surface area contributed by atoms with Crippen molar-refractivity contribution in [3.63, 3.8) is 0 Å². The normalized spacial score (nSPS) is 30.0. The molecule has 0 N–H and O–H groups in total. The van der Waals surface area contributed by atoms with E-state index in [1.807, 2.05) is 0 Å². The van der Waals surface area contributed by atoms with Crippen LogP contribution >= 0.6 is 0 Å². The first-order valence-electron chi connectivity index (χ1n) is 4.15. The van der Waals surface area contributed by atoms with E-state index in [0.717, 1.165) is 3.29 Å². The van der Waals surface area contributed by atoms with E-state index in [1.54, 1.807) is 19.9 Å². The van der Waals surface area contributed by atoms with Gasteiger partial charge < -0.3 is 3.29 Å². The van der Waals surface area contributed by atoms with Gasteiger partial charge in [-0.05, 0) is 13.3 Å². The summed E-state index contributed by atoms with van der Waals surface area (Å²) in [6.45, 7) is 3.48. The molecule has 0 aromatic heterocycles. The van der Waals surface area contributed by atoms with Crippen molar-refractivity contribution >= 4 is 32.4 Å². The Hall–Kier alpha value is -0.308. The fraction of sp³-hybridized carbons (Fsp3) is 0.571. The summed E-state index contributed by atoms with van der Waals surface area (Å²) in [4.78, 5) is 11.4. The SMILES string of the molecule is C/C=C1/C(=O)[N]([AlH2])S(=O)(=O)C1CC. The zero-order valence-electron chi connectivity index (χ0n) is 7.94. The maximum Gasteiger partial charge on any atom is 0.392 e. The average Bonchev–Trinajstić information content (AvgIpc) is 2.25. The summed E-state index contributed by atoms with van der Waals surface area (Å²) >= 11 is 0.236. The van der Waals surface area contributed by atoms with Crippen molar-refractivity contribution in [2.75, 3.05) is 0 Å². The molecule has 4 nitrogen and oxygen atoms in total. The monoisotopic (exact) mass is 217 g/mol. The first-order chi connectivity index (χ1) is 5.96. The van der Waals surface area contributed by atoms with E-state index in [4.69, 9.17) is 0 Å². The lowest BCUT2D eigenvalue weighted by Crippen LogP contribution is -2.28. The number of amides is 1. The maximum atomic E-state index is 11.6. The van der Waals surface area contributed by atoms with Crippen molar-refractivity contribution in [3.8, 4) is 0 Å². The van der Waals surface area contributed by atoms with Crippen molar-refractivity contribution in [1.29, 1.82) is 0 Å². The first kappa shape index (κ1) is 10.8. The molecule has 0 aromatic rings. The maximum absolute atomic E-state index is 11.6. The quantitative estimate of drug-likeness (QED) is 0.436. The highest BCUT2D eigenvalue weighted by molar-refractivity contribution is 7.92. The molecular formula is C7H12AlNO3S. The Kier molecular flexibility index (Phi) is 2.86. The molecule has 1 atom stereocenters. The third kappa shape index (κ3) is 1.43. The molecule has 0 radical (unpaired) electrons. The van der Waals surface area contributed by atoms with Crippen molar-refractivity contribution in [2.45, 2.75) is 25.5 Å². The van der Waals surface area contributed by atoms with Gasteiger partial charge in [0.05, 0.1) is 0 Å². The number of allylic oxidation sites excluding steroid dienone is 1. The second-order valence-electron chi connectivity index (χ2n) is 2.96. The van der Waals surface area contributed by atoms with Gasteiger partial charge in [0.2, 0.25) is 15.9 Å². The summed E-state index contributed by atoms with van der Waals surface area (Å²) in [6.07, 6.45) is 2.07. The largest absolute Gasteiger partial charge is 0.392 e. The van der Waals surface area contributed by atoms with Crippen LogP contribution in [0.5, 0.6) is 0 Å². The molecule has 1 amide bonds. The average molecular weight is 217 g/mol. The summed E-state index contributed by atoms with van der Waals surface area (Å²) in [7, 11) is -3.35. The van der Waals surface area contributed by atoms with E-state index in [2.05, 4.69) is 0 Å². The van der Waals surface area contributed by atoms with Crippen LogP contribution in [-0.2, 0) is 14.8 Å². The van der Waals surface area contributed by atoms with Gasteiger partial charge in [0.25, 0.3) is 0 Å². The molecule has 1 heterocycles. The highest BCUT2D eigenvalue weighted by atomic mass is 32.2. The molecule has 0 aromatic carbocycles. The zero-order chi connectivity index (χ0) is 10.2. The van der Waals surface area contributed by atoms with E-state index in [0.29, 0.717) is 12.0 Å². The Morgan fingerprint density at radius 1 is 1.62 bits per heavy atom. The molecule has 0 spiro atoms. The predicted molar refractivity (Wildman–Crippen MR) is 52.1 cm³/mol. The molecule has 1 rings (SSSR count). The number of rotatable bonds is 1. The fourth-order valence-corrected chi connectivity index (χ4v) is 4.25. The molecule has 0 bridgehead atoms. The molecule has 1 saturated heterocycles. The van der Waals surface area contributed by atoms with Gasteiger partial charge in [0, 0.05) is 5.57 Å². The van der Waals surface area contributed by atoms with Gasteiger partial charge >= 0.3 is 16.5 Å². The molecule has 1 unspecified atom stereocenters. The molecule has 72 valence electrons. The number of hydrogen-bond acceptors (Lipinski definition) is 3.